The van der Waals surface area contributed by atoms with E-state index in [4.69, 9.17) is 10.4 Å². The molecule has 1 saturated heterocycles. The lowest BCUT2D eigenvalue weighted by atomic mass is 9.72. The van der Waals surface area contributed by atoms with Gasteiger partial charge in [-0.25, -0.2) is 14.6 Å². The number of anilines is 1. The molecule has 1 unspecified atom stereocenters. The molecule has 5 amide bonds. The standard InChI is InChI=1S/C23H27BN6O8S/c1-11(2)9-29-6-7-30(20(33)19(29)32)23(36)28-16(14-10-39-22(25)26-14)18(31)27-15-8-12-4-3-5-13(21(34)35)17(12)38-24(15)37/h3-5,10-11,15-16,37H,6-9H2,1-2H3,(H2,25,26)(H,27,31)(H,28,36)(H,34,35)/t15-,16?/m0/s1. The minimum atomic E-state index is -1.59. The minimum Gasteiger partial charge on any atom is -0.534 e. The van der Waals surface area contributed by atoms with Gasteiger partial charge in [-0.2, -0.15) is 0 Å². The molecule has 0 bridgehead atoms. The van der Waals surface area contributed by atoms with Crippen LogP contribution in [0.5, 0.6) is 5.75 Å². The quantitative estimate of drug-likeness (QED) is 0.220. The molecular weight excluding hydrogens is 531 g/mol. The molecule has 14 nitrogen and oxygen atoms in total. The molecule has 0 spiro atoms. The van der Waals surface area contributed by atoms with Gasteiger partial charge in [-0.1, -0.05) is 26.0 Å². The Hall–Kier alpha value is -4.18. The maximum atomic E-state index is 13.3. The van der Waals surface area contributed by atoms with E-state index < -0.39 is 48.8 Å². The molecule has 16 heteroatoms. The largest absolute Gasteiger partial charge is 0.547 e. The zero-order valence-electron chi connectivity index (χ0n) is 21.1. The Morgan fingerprint density at radius 3 is 2.64 bits per heavy atom. The van der Waals surface area contributed by atoms with Crippen molar-refractivity contribution >= 4 is 53.3 Å². The lowest BCUT2D eigenvalue weighted by Crippen LogP contribution is -2.60. The van der Waals surface area contributed by atoms with Gasteiger partial charge in [0.15, 0.2) is 11.2 Å². The topological polar surface area (TPSA) is 204 Å². The Labute approximate surface area is 227 Å². The summed E-state index contributed by atoms with van der Waals surface area (Å²) in [7, 11) is -1.59. The highest BCUT2D eigenvalue weighted by Gasteiger charge is 2.41. The van der Waals surface area contributed by atoms with Crippen molar-refractivity contribution in [3.05, 3.63) is 40.4 Å². The summed E-state index contributed by atoms with van der Waals surface area (Å²) in [6.07, 6.45) is 0.0357. The van der Waals surface area contributed by atoms with Crippen molar-refractivity contribution in [2.75, 3.05) is 25.4 Å². The monoisotopic (exact) mass is 558 g/mol. The third-order valence-corrected chi connectivity index (χ3v) is 6.87. The highest BCUT2D eigenvalue weighted by molar-refractivity contribution is 7.13. The van der Waals surface area contributed by atoms with Crippen LogP contribution in [0.3, 0.4) is 0 Å². The number of hydrogen-bond donors (Lipinski definition) is 5. The number of carboxylic acids is 1. The van der Waals surface area contributed by atoms with Crippen molar-refractivity contribution in [1.29, 1.82) is 0 Å². The van der Waals surface area contributed by atoms with Gasteiger partial charge in [-0.15, -0.1) is 11.3 Å². The van der Waals surface area contributed by atoms with E-state index in [0.29, 0.717) is 12.1 Å². The number of nitrogens with two attached hydrogens (primary N) is 1. The first-order valence-corrected chi connectivity index (χ1v) is 13.0. The van der Waals surface area contributed by atoms with E-state index in [0.717, 1.165) is 16.2 Å². The average Bonchev–Trinajstić information content (AvgIpc) is 3.30. The lowest BCUT2D eigenvalue weighted by molar-refractivity contribution is -0.154. The molecular formula is C23H27BN6O8S. The van der Waals surface area contributed by atoms with Crippen LogP contribution in [0.4, 0.5) is 9.93 Å². The molecule has 206 valence electrons. The van der Waals surface area contributed by atoms with Gasteiger partial charge < -0.3 is 36.1 Å². The van der Waals surface area contributed by atoms with Crippen molar-refractivity contribution in [3.8, 4) is 5.75 Å². The van der Waals surface area contributed by atoms with Gasteiger partial charge in [-0.3, -0.25) is 19.3 Å². The first-order chi connectivity index (χ1) is 18.5. The van der Waals surface area contributed by atoms with Crippen molar-refractivity contribution in [3.63, 3.8) is 0 Å². The fraction of sp³-hybridized carbons (Fsp3) is 0.391. The van der Waals surface area contributed by atoms with Crippen LogP contribution in [0.15, 0.2) is 23.6 Å². The Morgan fingerprint density at radius 1 is 1.26 bits per heavy atom. The first kappa shape index (κ1) is 27.8. The number of benzene rings is 1. The first-order valence-electron chi connectivity index (χ1n) is 12.1. The average molecular weight is 558 g/mol. The summed E-state index contributed by atoms with van der Waals surface area (Å²) in [5, 5.41) is 26.5. The van der Waals surface area contributed by atoms with Gasteiger partial charge in [0.25, 0.3) is 0 Å². The number of urea groups is 1. The van der Waals surface area contributed by atoms with E-state index >= 15 is 0 Å². The Morgan fingerprint density at radius 2 is 2.00 bits per heavy atom. The number of aromatic carboxylic acids is 1. The van der Waals surface area contributed by atoms with E-state index in [2.05, 4.69) is 15.6 Å². The molecule has 0 aliphatic carbocycles. The third kappa shape index (κ3) is 5.96. The highest BCUT2D eigenvalue weighted by Crippen LogP contribution is 2.30. The molecule has 2 aliphatic heterocycles. The molecule has 1 fully saturated rings. The van der Waals surface area contributed by atoms with E-state index in [9.17, 15) is 34.1 Å². The lowest BCUT2D eigenvalue weighted by Gasteiger charge is -2.34. The fourth-order valence-corrected chi connectivity index (χ4v) is 4.96. The van der Waals surface area contributed by atoms with E-state index in [-0.39, 0.29) is 47.6 Å². The Balaban J connectivity index is 1.50. The van der Waals surface area contributed by atoms with Gasteiger partial charge in [0.05, 0.1) is 17.2 Å². The second-order valence-corrected chi connectivity index (χ2v) is 10.4. The van der Waals surface area contributed by atoms with Crippen LogP contribution in [0.1, 0.15) is 41.5 Å². The zero-order valence-corrected chi connectivity index (χ0v) is 21.9. The number of amides is 5. The number of imide groups is 1. The summed E-state index contributed by atoms with van der Waals surface area (Å²) in [5.41, 5.74) is 6.13. The van der Waals surface area contributed by atoms with Gasteiger partial charge in [-0.05, 0) is 24.0 Å². The molecule has 2 aliphatic rings. The van der Waals surface area contributed by atoms with E-state index in [1.807, 2.05) is 13.8 Å². The molecule has 3 heterocycles. The number of hydrogen-bond acceptors (Lipinski definition) is 10. The van der Waals surface area contributed by atoms with E-state index in [1.165, 1.54) is 22.4 Å². The van der Waals surface area contributed by atoms with Crippen LogP contribution >= 0.6 is 11.3 Å². The molecule has 4 rings (SSSR count). The van der Waals surface area contributed by atoms with Gasteiger partial charge >= 0.3 is 30.9 Å². The third-order valence-electron chi connectivity index (χ3n) is 6.18. The van der Waals surface area contributed by atoms with Gasteiger partial charge in [0.1, 0.15) is 5.75 Å². The maximum Gasteiger partial charge on any atom is 0.547 e. The normalized spacial score (nSPS) is 17.9. The summed E-state index contributed by atoms with van der Waals surface area (Å²) in [6, 6.07) is 2.06. The predicted molar refractivity (Wildman–Crippen MR) is 139 cm³/mol. The number of nitrogens with zero attached hydrogens (tertiary/aromatic N) is 3. The molecule has 1 aromatic carbocycles. The Bertz CT molecular complexity index is 1320. The number of nitrogens with one attached hydrogen (secondary N) is 2. The van der Waals surface area contributed by atoms with Crippen LogP contribution in [0, 0.1) is 5.92 Å². The number of thiazole rings is 1. The van der Waals surface area contributed by atoms with Crippen molar-refractivity contribution < 1.29 is 38.8 Å². The number of piperazine rings is 1. The van der Waals surface area contributed by atoms with Crippen molar-refractivity contribution in [1.82, 2.24) is 25.4 Å². The van der Waals surface area contributed by atoms with Crippen LogP contribution in [-0.2, 0) is 20.8 Å². The molecule has 39 heavy (non-hydrogen) atoms. The molecule has 2 atom stereocenters. The number of carboxylic acid groups (broad SMARTS) is 1. The van der Waals surface area contributed by atoms with Crippen LogP contribution < -0.4 is 21.0 Å². The van der Waals surface area contributed by atoms with Gasteiger partial charge in [0, 0.05) is 25.0 Å². The number of para-hydroxylation sites is 1. The number of rotatable bonds is 7. The number of fused-ring (bicyclic) bond motifs is 1. The number of aromatic nitrogens is 1. The smallest absolute Gasteiger partial charge is 0.534 e. The molecule has 2 aromatic rings. The van der Waals surface area contributed by atoms with Gasteiger partial charge in [0.2, 0.25) is 5.91 Å². The van der Waals surface area contributed by atoms with Crippen molar-refractivity contribution in [2.45, 2.75) is 32.3 Å². The second kappa shape index (κ2) is 11.3. The highest BCUT2D eigenvalue weighted by atomic mass is 32.1. The minimum absolute atomic E-state index is 0.0000785. The van der Waals surface area contributed by atoms with Crippen LogP contribution in [0.25, 0.3) is 0 Å². The summed E-state index contributed by atoms with van der Waals surface area (Å²) >= 11 is 1.03. The SMILES string of the molecule is CC(C)CN1CCN(C(=O)NC(C(=O)N[C@H]2Cc3cccc(C(=O)O)c3OB2O)c2csc(N)n2)C(=O)C1=O. The van der Waals surface area contributed by atoms with Crippen LogP contribution in [-0.4, -0.2) is 87.3 Å². The molecule has 0 saturated carbocycles. The second-order valence-electron chi connectivity index (χ2n) is 9.52. The number of nitrogen functional groups attached to an aromatic ring is 1. The van der Waals surface area contributed by atoms with Crippen LogP contribution in [0.2, 0.25) is 0 Å². The summed E-state index contributed by atoms with van der Waals surface area (Å²) in [4.78, 5) is 69.2. The predicted octanol–water partition coefficient (Wildman–Crippen LogP) is -0.359. The maximum absolute atomic E-state index is 13.3. The molecule has 6 N–H and O–H groups in total. The zero-order chi connectivity index (χ0) is 28.4. The summed E-state index contributed by atoms with van der Waals surface area (Å²) in [6.45, 7) is 4.26. The number of carbonyl (C=O) groups excluding carboxylic acids is 4. The summed E-state index contributed by atoms with van der Waals surface area (Å²) < 4.78 is 5.41. The molecule has 0 radical (unpaired) electrons. The fourth-order valence-electron chi connectivity index (χ4n) is 4.37. The summed E-state index contributed by atoms with van der Waals surface area (Å²) in [5.74, 6) is -4.73. The molecule has 1 aromatic heterocycles. The van der Waals surface area contributed by atoms with E-state index in [1.54, 1.807) is 6.07 Å². The number of carbonyl (C=O) groups is 5. The Kier molecular flexibility index (Phi) is 8.06. The van der Waals surface area contributed by atoms with Crippen molar-refractivity contribution in [2.24, 2.45) is 5.92 Å².